The second-order valence-electron chi connectivity index (χ2n) is 6.09. The molecule has 0 fully saturated rings. The molecule has 2 N–H and O–H groups in total. The number of aromatic nitrogens is 2. The second-order valence-corrected chi connectivity index (χ2v) is 6.53. The van der Waals surface area contributed by atoms with E-state index in [1.165, 1.54) is 0 Å². The van der Waals surface area contributed by atoms with Gasteiger partial charge in [-0.1, -0.05) is 35.9 Å². The topological polar surface area (TPSA) is 66.9 Å². The number of carbonyl (C=O) groups is 1. The van der Waals surface area contributed by atoms with E-state index in [4.69, 9.17) is 11.6 Å². The highest BCUT2D eigenvalue weighted by atomic mass is 35.5. The van der Waals surface area contributed by atoms with Crippen LogP contribution in [0.1, 0.15) is 28.8 Å². The first-order valence-corrected chi connectivity index (χ1v) is 9.15. The molecule has 3 aromatic rings. The van der Waals surface area contributed by atoms with Gasteiger partial charge in [-0.15, -0.1) is 0 Å². The van der Waals surface area contributed by atoms with Crippen LogP contribution in [-0.2, 0) is 6.54 Å². The number of nitrogens with zero attached hydrogens (tertiary/aromatic N) is 2. The van der Waals surface area contributed by atoms with Crippen molar-refractivity contribution >= 4 is 23.3 Å². The number of amides is 1. The minimum Gasteiger partial charge on any atom is -0.370 e. The molecule has 0 spiro atoms. The molecule has 0 aliphatic heterocycles. The van der Waals surface area contributed by atoms with Gasteiger partial charge in [-0.2, -0.15) is 0 Å². The Hall–Kier alpha value is -2.92. The van der Waals surface area contributed by atoms with Gasteiger partial charge in [0.1, 0.15) is 11.6 Å². The van der Waals surface area contributed by atoms with Gasteiger partial charge in [0.15, 0.2) is 0 Å². The van der Waals surface area contributed by atoms with Gasteiger partial charge in [0, 0.05) is 23.2 Å². The number of benzene rings is 2. The van der Waals surface area contributed by atoms with Crippen molar-refractivity contribution in [2.45, 2.75) is 20.4 Å². The van der Waals surface area contributed by atoms with Crippen LogP contribution in [0.25, 0.3) is 11.1 Å². The normalized spacial score (nSPS) is 10.5. The fourth-order valence-electron chi connectivity index (χ4n) is 2.72. The number of aryl methyl sites for hydroxylation is 1. The molecule has 138 valence electrons. The smallest absolute Gasteiger partial charge is 0.251 e. The van der Waals surface area contributed by atoms with Crippen LogP contribution in [0.3, 0.4) is 0 Å². The number of halogens is 1. The molecular weight excluding hydrogens is 360 g/mol. The lowest BCUT2D eigenvalue weighted by atomic mass is 10.0. The van der Waals surface area contributed by atoms with E-state index in [2.05, 4.69) is 20.6 Å². The summed E-state index contributed by atoms with van der Waals surface area (Å²) in [5.41, 5.74) is 3.46. The Balaban J connectivity index is 1.65. The maximum absolute atomic E-state index is 12.4. The van der Waals surface area contributed by atoms with E-state index in [-0.39, 0.29) is 5.91 Å². The minimum absolute atomic E-state index is 0.140. The van der Waals surface area contributed by atoms with Crippen LogP contribution in [0.15, 0.2) is 54.6 Å². The SMILES string of the molecule is CCNc1cc(CNC(=O)c2ccc(-c3ccc(Cl)cc3)cc2)nc(C)n1. The van der Waals surface area contributed by atoms with Crippen LogP contribution >= 0.6 is 11.6 Å². The molecule has 0 unspecified atom stereocenters. The highest BCUT2D eigenvalue weighted by molar-refractivity contribution is 6.30. The maximum Gasteiger partial charge on any atom is 0.251 e. The zero-order chi connectivity index (χ0) is 19.2. The van der Waals surface area contributed by atoms with Gasteiger partial charge in [-0.3, -0.25) is 4.79 Å². The van der Waals surface area contributed by atoms with E-state index in [9.17, 15) is 4.79 Å². The third kappa shape index (κ3) is 5.05. The fraction of sp³-hybridized carbons (Fsp3) is 0.190. The zero-order valence-electron chi connectivity index (χ0n) is 15.3. The Morgan fingerprint density at radius 2 is 1.63 bits per heavy atom. The number of hydrogen-bond donors (Lipinski definition) is 2. The summed E-state index contributed by atoms with van der Waals surface area (Å²) < 4.78 is 0. The molecule has 0 bridgehead atoms. The highest BCUT2D eigenvalue weighted by Crippen LogP contribution is 2.22. The monoisotopic (exact) mass is 380 g/mol. The fourth-order valence-corrected chi connectivity index (χ4v) is 2.85. The molecule has 0 atom stereocenters. The van der Waals surface area contributed by atoms with Gasteiger partial charge in [0.2, 0.25) is 0 Å². The molecule has 0 saturated carbocycles. The average Bonchev–Trinajstić information content (AvgIpc) is 2.67. The van der Waals surface area contributed by atoms with Crippen molar-refractivity contribution in [3.05, 3.63) is 76.7 Å². The van der Waals surface area contributed by atoms with E-state index in [1.54, 1.807) is 0 Å². The lowest BCUT2D eigenvalue weighted by Gasteiger charge is -2.09. The first-order chi connectivity index (χ1) is 13.0. The van der Waals surface area contributed by atoms with Crippen molar-refractivity contribution in [1.29, 1.82) is 0 Å². The van der Waals surface area contributed by atoms with Crippen molar-refractivity contribution in [2.24, 2.45) is 0 Å². The summed E-state index contributed by atoms with van der Waals surface area (Å²) >= 11 is 5.92. The van der Waals surface area contributed by atoms with Gasteiger partial charge in [-0.05, 0) is 49.2 Å². The highest BCUT2D eigenvalue weighted by Gasteiger charge is 2.08. The largest absolute Gasteiger partial charge is 0.370 e. The van der Waals surface area contributed by atoms with Crippen LogP contribution in [0.4, 0.5) is 5.82 Å². The van der Waals surface area contributed by atoms with Gasteiger partial charge in [-0.25, -0.2) is 9.97 Å². The second kappa shape index (κ2) is 8.64. The molecule has 0 aliphatic carbocycles. The zero-order valence-corrected chi connectivity index (χ0v) is 16.0. The summed E-state index contributed by atoms with van der Waals surface area (Å²) in [5, 5.41) is 6.77. The number of anilines is 1. The number of rotatable bonds is 6. The van der Waals surface area contributed by atoms with Crippen LogP contribution in [0, 0.1) is 6.92 Å². The predicted molar refractivity (Wildman–Crippen MR) is 109 cm³/mol. The quantitative estimate of drug-likeness (QED) is 0.662. The molecule has 2 aromatic carbocycles. The molecule has 1 heterocycles. The summed E-state index contributed by atoms with van der Waals surface area (Å²) in [4.78, 5) is 21.1. The number of carbonyl (C=O) groups excluding carboxylic acids is 1. The van der Waals surface area contributed by atoms with Gasteiger partial charge < -0.3 is 10.6 Å². The van der Waals surface area contributed by atoms with E-state index < -0.39 is 0 Å². The molecule has 3 rings (SSSR count). The third-order valence-electron chi connectivity index (χ3n) is 4.00. The Morgan fingerprint density at radius 3 is 2.26 bits per heavy atom. The first-order valence-electron chi connectivity index (χ1n) is 8.78. The van der Waals surface area contributed by atoms with Crippen LogP contribution in [-0.4, -0.2) is 22.4 Å². The van der Waals surface area contributed by atoms with Crippen molar-refractivity contribution in [2.75, 3.05) is 11.9 Å². The van der Waals surface area contributed by atoms with Crippen molar-refractivity contribution < 1.29 is 4.79 Å². The van der Waals surface area contributed by atoms with E-state index in [0.717, 1.165) is 29.2 Å². The minimum atomic E-state index is -0.140. The standard InChI is InChI=1S/C21H21ClN4O/c1-3-23-20-12-19(25-14(2)26-20)13-24-21(27)17-6-4-15(5-7-17)16-8-10-18(22)11-9-16/h4-12H,3,13H2,1-2H3,(H,24,27)(H,23,25,26). The lowest BCUT2D eigenvalue weighted by molar-refractivity contribution is 0.0950. The molecular formula is C21H21ClN4O. The van der Waals surface area contributed by atoms with Crippen LogP contribution in [0.2, 0.25) is 5.02 Å². The Kier molecular flexibility index (Phi) is 6.04. The molecule has 1 amide bonds. The van der Waals surface area contributed by atoms with E-state index >= 15 is 0 Å². The number of hydrogen-bond acceptors (Lipinski definition) is 4. The van der Waals surface area contributed by atoms with Gasteiger partial charge in [0.05, 0.1) is 12.2 Å². The summed E-state index contributed by atoms with van der Waals surface area (Å²) in [6, 6.07) is 16.9. The molecule has 0 saturated heterocycles. The van der Waals surface area contributed by atoms with Crippen LogP contribution in [0.5, 0.6) is 0 Å². The molecule has 6 heteroatoms. The molecule has 1 aromatic heterocycles. The summed E-state index contributed by atoms with van der Waals surface area (Å²) in [6.45, 7) is 4.97. The Morgan fingerprint density at radius 1 is 1.00 bits per heavy atom. The van der Waals surface area contributed by atoms with Crippen molar-refractivity contribution in [1.82, 2.24) is 15.3 Å². The van der Waals surface area contributed by atoms with E-state index in [0.29, 0.717) is 23.0 Å². The molecule has 0 aliphatic rings. The van der Waals surface area contributed by atoms with Gasteiger partial charge >= 0.3 is 0 Å². The Bertz CT molecular complexity index is 924. The maximum atomic E-state index is 12.4. The third-order valence-corrected chi connectivity index (χ3v) is 4.26. The molecule has 5 nitrogen and oxygen atoms in total. The van der Waals surface area contributed by atoms with Crippen LogP contribution < -0.4 is 10.6 Å². The predicted octanol–water partition coefficient (Wildman–Crippen LogP) is 4.47. The van der Waals surface area contributed by atoms with Crippen molar-refractivity contribution in [3.63, 3.8) is 0 Å². The lowest BCUT2D eigenvalue weighted by Crippen LogP contribution is -2.23. The molecule has 27 heavy (non-hydrogen) atoms. The molecule has 0 radical (unpaired) electrons. The average molecular weight is 381 g/mol. The van der Waals surface area contributed by atoms with E-state index in [1.807, 2.05) is 68.4 Å². The summed E-state index contributed by atoms with van der Waals surface area (Å²) in [6.07, 6.45) is 0. The van der Waals surface area contributed by atoms with Gasteiger partial charge in [0.25, 0.3) is 5.91 Å². The first kappa shape index (κ1) is 18.9. The summed E-state index contributed by atoms with van der Waals surface area (Å²) in [5.74, 6) is 1.30. The number of nitrogens with one attached hydrogen (secondary N) is 2. The Labute approximate surface area is 163 Å². The van der Waals surface area contributed by atoms with Crippen molar-refractivity contribution in [3.8, 4) is 11.1 Å². The summed E-state index contributed by atoms with van der Waals surface area (Å²) in [7, 11) is 0.